The molecule has 0 bridgehead atoms. The van der Waals surface area contributed by atoms with Crippen molar-refractivity contribution in [1.29, 1.82) is 0 Å². The van der Waals surface area contributed by atoms with E-state index >= 15 is 0 Å². The molecule has 2 rings (SSSR count). The highest BCUT2D eigenvalue weighted by Crippen LogP contribution is 2.16. The molecular formula is C14H10Br2O2S. The highest BCUT2D eigenvalue weighted by atomic mass is 79.9. The van der Waals surface area contributed by atoms with Crippen molar-refractivity contribution < 1.29 is 9.00 Å². The topological polar surface area (TPSA) is 34.1 Å². The summed E-state index contributed by atoms with van der Waals surface area (Å²) in [6.45, 7) is 0. The molecule has 0 amide bonds. The van der Waals surface area contributed by atoms with E-state index in [2.05, 4.69) is 31.9 Å². The molecule has 0 N–H and O–H groups in total. The fourth-order valence-corrected chi connectivity index (χ4v) is 3.21. The lowest BCUT2D eigenvalue weighted by atomic mass is 10.2. The Labute approximate surface area is 130 Å². The van der Waals surface area contributed by atoms with Crippen LogP contribution in [0.1, 0.15) is 10.4 Å². The first-order valence-corrected chi connectivity index (χ1v) is 8.39. The standard InChI is InChI=1S/C14H10Br2O2S/c15-11-4-6-13(7-5-11)19(18)9-14(17)10-2-1-3-12(16)8-10/h1-8H,9H2. The summed E-state index contributed by atoms with van der Waals surface area (Å²) in [7, 11) is -1.31. The second-order valence-corrected chi connectivity index (χ2v) is 7.16. The summed E-state index contributed by atoms with van der Waals surface area (Å²) in [6, 6.07) is 14.3. The Hall–Kier alpha value is -0.780. The van der Waals surface area contributed by atoms with Gasteiger partial charge in [-0.25, -0.2) is 0 Å². The van der Waals surface area contributed by atoms with Gasteiger partial charge < -0.3 is 0 Å². The first-order chi connectivity index (χ1) is 9.06. The van der Waals surface area contributed by atoms with Crippen LogP contribution in [0.15, 0.2) is 62.4 Å². The average molecular weight is 402 g/mol. The van der Waals surface area contributed by atoms with Crippen molar-refractivity contribution in [2.45, 2.75) is 4.90 Å². The fourth-order valence-electron chi connectivity index (χ4n) is 1.53. The molecule has 19 heavy (non-hydrogen) atoms. The number of carbonyl (C=O) groups excluding carboxylic acids is 1. The summed E-state index contributed by atoms with van der Waals surface area (Å²) in [5, 5.41) is 0. The summed E-state index contributed by atoms with van der Waals surface area (Å²) >= 11 is 6.64. The zero-order chi connectivity index (χ0) is 13.8. The van der Waals surface area contributed by atoms with Gasteiger partial charge in [0.25, 0.3) is 0 Å². The Morgan fingerprint density at radius 2 is 1.68 bits per heavy atom. The summed E-state index contributed by atoms with van der Waals surface area (Å²) in [5.74, 6) is -0.125. The van der Waals surface area contributed by atoms with E-state index in [1.54, 1.807) is 30.3 Å². The Bertz CT molecular complexity index is 624. The van der Waals surface area contributed by atoms with E-state index in [9.17, 15) is 9.00 Å². The maximum atomic E-state index is 12.1. The lowest BCUT2D eigenvalue weighted by Crippen LogP contribution is -2.11. The molecule has 2 aromatic carbocycles. The molecule has 1 unspecified atom stereocenters. The van der Waals surface area contributed by atoms with E-state index in [-0.39, 0.29) is 11.5 Å². The molecule has 1 atom stereocenters. The molecule has 0 saturated carbocycles. The molecule has 0 radical (unpaired) electrons. The maximum Gasteiger partial charge on any atom is 0.175 e. The minimum atomic E-state index is -1.31. The molecule has 0 fully saturated rings. The van der Waals surface area contributed by atoms with Gasteiger partial charge in [-0.3, -0.25) is 9.00 Å². The quantitative estimate of drug-likeness (QED) is 0.719. The van der Waals surface area contributed by atoms with Crippen LogP contribution in [0.25, 0.3) is 0 Å². The van der Waals surface area contributed by atoms with Crippen LogP contribution in [0.3, 0.4) is 0 Å². The lowest BCUT2D eigenvalue weighted by molar-refractivity contribution is 0.102. The van der Waals surface area contributed by atoms with Crippen LogP contribution in [-0.2, 0) is 10.8 Å². The zero-order valence-corrected chi connectivity index (χ0v) is 13.8. The minimum absolute atomic E-state index is 0.00190. The fraction of sp³-hybridized carbons (Fsp3) is 0.0714. The van der Waals surface area contributed by atoms with Gasteiger partial charge in [-0.2, -0.15) is 0 Å². The van der Waals surface area contributed by atoms with Crippen molar-refractivity contribution >= 4 is 48.4 Å². The molecular weight excluding hydrogens is 392 g/mol. The first-order valence-electron chi connectivity index (χ1n) is 5.49. The predicted octanol–water partition coefficient (Wildman–Crippen LogP) is 4.20. The Morgan fingerprint density at radius 3 is 2.32 bits per heavy atom. The highest BCUT2D eigenvalue weighted by Gasteiger charge is 2.12. The SMILES string of the molecule is O=C(CS(=O)c1ccc(Br)cc1)c1cccc(Br)c1. The van der Waals surface area contributed by atoms with Gasteiger partial charge in [-0.15, -0.1) is 0 Å². The van der Waals surface area contributed by atoms with Crippen LogP contribution in [0, 0.1) is 0 Å². The Kier molecular flexibility index (Phi) is 5.07. The van der Waals surface area contributed by atoms with E-state index in [4.69, 9.17) is 0 Å². The Balaban J connectivity index is 2.11. The summed E-state index contributed by atoms with van der Waals surface area (Å²) in [4.78, 5) is 12.7. The van der Waals surface area contributed by atoms with Crippen LogP contribution in [0.2, 0.25) is 0 Å². The van der Waals surface area contributed by atoms with Gasteiger partial charge in [-0.1, -0.05) is 44.0 Å². The van der Waals surface area contributed by atoms with Crippen molar-refractivity contribution in [1.82, 2.24) is 0 Å². The maximum absolute atomic E-state index is 12.1. The van der Waals surface area contributed by atoms with E-state index in [1.807, 2.05) is 18.2 Å². The average Bonchev–Trinajstić information content (AvgIpc) is 2.39. The van der Waals surface area contributed by atoms with E-state index < -0.39 is 10.8 Å². The molecule has 0 spiro atoms. The Morgan fingerprint density at radius 1 is 1.00 bits per heavy atom. The summed E-state index contributed by atoms with van der Waals surface area (Å²) in [6.07, 6.45) is 0. The summed E-state index contributed by atoms with van der Waals surface area (Å²) < 4.78 is 13.9. The van der Waals surface area contributed by atoms with Crippen molar-refractivity contribution in [2.75, 3.05) is 5.75 Å². The van der Waals surface area contributed by atoms with Crippen LogP contribution in [0.5, 0.6) is 0 Å². The number of benzene rings is 2. The molecule has 2 aromatic rings. The number of carbonyl (C=O) groups is 1. The smallest absolute Gasteiger partial charge is 0.175 e. The zero-order valence-electron chi connectivity index (χ0n) is 9.81. The van der Waals surface area contributed by atoms with Gasteiger partial charge in [0.2, 0.25) is 0 Å². The lowest BCUT2D eigenvalue weighted by Gasteiger charge is -2.03. The number of Topliss-reactive ketones (excluding diaryl/α,β-unsaturated/α-hetero) is 1. The second kappa shape index (κ2) is 6.59. The first kappa shape index (κ1) is 14.6. The molecule has 0 aliphatic heterocycles. The molecule has 0 heterocycles. The molecule has 2 nitrogen and oxygen atoms in total. The number of hydrogen-bond donors (Lipinski definition) is 0. The molecule has 0 aliphatic carbocycles. The van der Waals surface area contributed by atoms with Crippen LogP contribution in [-0.4, -0.2) is 15.7 Å². The van der Waals surface area contributed by atoms with Crippen molar-refractivity contribution in [3.8, 4) is 0 Å². The largest absolute Gasteiger partial charge is 0.293 e. The minimum Gasteiger partial charge on any atom is -0.293 e. The van der Waals surface area contributed by atoms with Gasteiger partial charge in [0.1, 0.15) is 0 Å². The molecule has 98 valence electrons. The van der Waals surface area contributed by atoms with Crippen molar-refractivity contribution in [3.05, 3.63) is 63.0 Å². The van der Waals surface area contributed by atoms with E-state index in [0.717, 1.165) is 8.95 Å². The van der Waals surface area contributed by atoms with Crippen molar-refractivity contribution in [2.24, 2.45) is 0 Å². The number of rotatable bonds is 4. The van der Waals surface area contributed by atoms with Crippen LogP contribution < -0.4 is 0 Å². The van der Waals surface area contributed by atoms with E-state index in [1.165, 1.54) is 0 Å². The van der Waals surface area contributed by atoms with Gasteiger partial charge >= 0.3 is 0 Å². The van der Waals surface area contributed by atoms with Crippen LogP contribution in [0.4, 0.5) is 0 Å². The summed E-state index contributed by atoms with van der Waals surface area (Å²) in [5.41, 5.74) is 0.569. The molecule has 0 saturated heterocycles. The molecule has 0 aliphatic rings. The number of ketones is 1. The van der Waals surface area contributed by atoms with Gasteiger partial charge in [-0.05, 0) is 36.4 Å². The van der Waals surface area contributed by atoms with E-state index in [0.29, 0.717) is 10.5 Å². The number of hydrogen-bond acceptors (Lipinski definition) is 2. The second-order valence-electron chi connectivity index (χ2n) is 3.88. The van der Waals surface area contributed by atoms with Gasteiger partial charge in [0, 0.05) is 19.4 Å². The monoisotopic (exact) mass is 400 g/mol. The predicted molar refractivity (Wildman–Crippen MR) is 83.9 cm³/mol. The third kappa shape index (κ3) is 4.09. The van der Waals surface area contributed by atoms with Crippen LogP contribution >= 0.6 is 31.9 Å². The normalized spacial score (nSPS) is 12.1. The molecule has 0 aromatic heterocycles. The van der Waals surface area contributed by atoms with Crippen molar-refractivity contribution in [3.63, 3.8) is 0 Å². The highest BCUT2D eigenvalue weighted by molar-refractivity contribution is 9.10. The number of halogens is 2. The van der Waals surface area contributed by atoms with Gasteiger partial charge in [0.05, 0.1) is 16.6 Å². The third-order valence-corrected chi connectivity index (χ3v) is 4.83. The molecule has 5 heteroatoms. The van der Waals surface area contributed by atoms with Gasteiger partial charge in [0.15, 0.2) is 5.78 Å². The third-order valence-electron chi connectivity index (χ3n) is 2.49.